The smallest absolute Gasteiger partial charge is 0.139 e. The van der Waals surface area contributed by atoms with Crippen LogP contribution in [0.3, 0.4) is 0 Å². The molecule has 1 N–H and O–H groups in total. The average molecular weight is 333 g/mol. The highest BCUT2D eigenvalue weighted by Gasteiger charge is 2.13. The van der Waals surface area contributed by atoms with Crippen molar-refractivity contribution >= 4 is 27.5 Å². The zero-order valence-electron chi connectivity index (χ0n) is 10.4. The molecule has 0 heterocycles. The maximum absolute atomic E-state index is 6.05. The molecule has 0 aromatic heterocycles. The van der Waals surface area contributed by atoms with Gasteiger partial charge in [0, 0.05) is 10.5 Å². The fourth-order valence-electron chi connectivity index (χ4n) is 2.28. The molecule has 18 heavy (non-hydrogen) atoms. The summed E-state index contributed by atoms with van der Waals surface area (Å²) >= 11 is 9.46. The van der Waals surface area contributed by atoms with Crippen molar-refractivity contribution in [1.29, 1.82) is 0 Å². The Labute approximate surface area is 122 Å². The molecule has 2 rings (SSSR count). The maximum Gasteiger partial charge on any atom is 0.139 e. The number of ether oxygens (including phenoxy) is 1. The molecule has 2 nitrogen and oxygen atoms in total. The first kappa shape index (κ1) is 14.2. The predicted molar refractivity (Wildman–Crippen MR) is 79.5 cm³/mol. The van der Waals surface area contributed by atoms with E-state index in [-0.39, 0.29) is 0 Å². The molecule has 0 saturated heterocycles. The topological polar surface area (TPSA) is 21.3 Å². The van der Waals surface area contributed by atoms with Crippen LogP contribution >= 0.6 is 27.5 Å². The quantitative estimate of drug-likeness (QED) is 0.779. The monoisotopic (exact) mass is 331 g/mol. The van der Waals surface area contributed by atoms with Gasteiger partial charge in [-0.2, -0.15) is 0 Å². The summed E-state index contributed by atoms with van der Waals surface area (Å²) in [5, 5.41) is 4.24. The van der Waals surface area contributed by atoms with Crippen molar-refractivity contribution in [3.63, 3.8) is 0 Å². The zero-order chi connectivity index (χ0) is 12.8. The SMILES string of the molecule is Clc1ccc(Br)cc1OCCCNC1CCCC1. The lowest BCUT2D eigenvalue weighted by molar-refractivity contribution is 0.304. The van der Waals surface area contributed by atoms with Crippen LogP contribution in [0.1, 0.15) is 32.1 Å². The molecule has 0 atom stereocenters. The summed E-state index contributed by atoms with van der Waals surface area (Å²) in [7, 11) is 0. The van der Waals surface area contributed by atoms with E-state index in [1.807, 2.05) is 18.2 Å². The van der Waals surface area contributed by atoms with E-state index in [2.05, 4.69) is 21.2 Å². The van der Waals surface area contributed by atoms with Crippen molar-refractivity contribution < 1.29 is 4.74 Å². The van der Waals surface area contributed by atoms with Crippen molar-refractivity contribution in [3.8, 4) is 5.75 Å². The Kier molecular flexibility index (Phi) is 5.80. The third kappa shape index (κ3) is 4.45. The molecule has 1 saturated carbocycles. The normalized spacial score (nSPS) is 16.1. The molecule has 100 valence electrons. The molecule has 1 aromatic rings. The van der Waals surface area contributed by atoms with Crippen LogP contribution in [0.2, 0.25) is 5.02 Å². The predicted octanol–water partition coefficient (Wildman–Crippen LogP) is 4.40. The molecular formula is C14H19BrClNO. The number of benzene rings is 1. The van der Waals surface area contributed by atoms with Gasteiger partial charge >= 0.3 is 0 Å². The fourth-order valence-corrected chi connectivity index (χ4v) is 2.79. The van der Waals surface area contributed by atoms with Gasteiger partial charge in [0.05, 0.1) is 11.6 Å². The van der Waals surface area contributed by atoms with Gasteiger partial charge in [-0.3, -0.25) is 0 Å². The largest absolute Gasteiger partial charge is 0.492 e. The Morgan fingerprint density at radius 1 is 1.33 bits per heavy atom. The molecule has 0 unspecified atom stereocenters. The fraction of sp³-hybridized carbons (Fsp3) is 0.571. The highest BCUT2D eigenvalue weighted by atomic mass is 79.9. The second-order valence-electron chi connectivity index (χ2n) is 4.71. The summed E-state index contributed by atoms with van der Waals surface area (Å²) in [6.45, 7) is 1.73. The first-order valence-corrected chi connectivity index (χ1v) is 7.74. The Morgan fingerprint density at radius 2 is 2.11 bits per heavy atom. The lowest BCUT2D eigenvalue weighted by Crippen LogP contribution is -2.27. The van der Waals surface area contributed by atoms with Crippen molar-refractivity contribution in [2.45, 2.75) is 38.1 Å². The van der Waals surface area contributed by atoms with E-state index in [0.29, 0.717) is 11.6 Å². The third-order valence-corrected chi connectivity index (χ3v) is 4.07. The number of rotatable bonds is 6. The van der Waals surface area contributed by atoms with Crippen LogP contribution in [-0.4, -0.2) is 19.2 Å². The van der Waals surface area contributed by atoms with E-state index in [0.717, 1.165) is 29.2 Å². The van der Waals surface area contributed by atoms with Gasteiger partial charge in [-0.15, -0.1) is 0 Å². The molecule has 1 aliphatic carbocycles. The van der Waals surface area contributed by atoms with E-state index in [4.69, 9.17) is 16.3 Å². The van der Waals surface area contributed by atoms with E-state index in [1.165, 1.54) is 25.7 Å². The van der Waals surface area contributed by atoms with Gasteiger partial charge < -0.3 is 10.1 Å². The Hall–Kier alpha value is -0.250. The van der Waals surface area contributed by atoms with E-state index in [9.17, 15) is 0 Å². The van der Waals surface area contributed by atoms with Crippen molar-refractivity contribution in [2.75, 3.05) is 13.2 Å². The Morgan fingerprint density at radius 3 is 2.89 bits per heavy atom. The minimum absolute atomic E-state index is 0.668. The number of hydrogen-bond acceptors (Lipinski definition) is 2. The molecule has 1 aliphatic rings. The van der Waals surface area contributed by atoms with Crippen LogP contribution in [-0.2, 0) is 0 Å². The molecule has 0 aliphatic heterocycles. The van der Waals surface area contributed by atoms with Crippen LogP contribution in [0, 0.1) is 0 Å². The molecule has 4 heteroatoms. The summed E-state index contributed by atoms with van der Waals surface area (Å²) in [6, 6.07) is 6.40. The van der Waals surface area contributed by atoms with Crippen LogP contribution in [0.4, 0.5) is 0 Å². The second-order valence-corrected chi connectivity index (χ2v) is 6.04. The highest BCUT2D eigenvalue weighted by Crippen LogP contribution is 2.27. The van der Waals surface area contributed by atoms with Crippen LogP contribution < -0.4 is 10.1 Å². The lowest BCUT2D eigenvalue weighted by Gasteiger charge is -2.12. The molecular weight excluding hydrogens is 314 g/mol. The van der Waals surface area contributed by atoms with Gasteiger partial charge in [0.25, 0.3) is 0 Å². The molecule has 1 fully saturated rings. The summed E-state index contributed by atoms with van der Waals surface area (Å²) in [5.74, 6) is 0.756. The first-order valence-electron chi connectivity index (χ1n) is 6.57. The minimum atomic E-state index is 0.668. The summed E-state index contributed by atoms with van der Waals surface area (Å²) in [5.41, 5.74) is 0. The van der Waals surface area contributed by atoms with E-state index < -0.39 is 0 Å². The van der Waals surface area contributed by atoms with E-state index in [1.54, 1.807) is 0 Å². The molecule has 0 radical (unpaired) electrons. The van der Waals surface area contributed by atoms with Gasteiger partial charge in [-0.1, -0.05) is 40.4 Å². The number of halogens is 2. The Balaban J connectivity index is 1.64. The summed E-state index contributed by atoms with van der Waals surface area (Å²) in [6.07, 6.45) is 6.43. The summed E-state index contributed by atoms with van der Waals surface area (Å²) < 4.78 is 6.67. The van der Waals surface area contributed by atoms with Gasteiger partial charge in [0.2, 0.25) is 0 Å². The van der Waals surface area contributed by atoms with Gasteiger partial charge in [-0.25, -0.2) is 0 Å². The second kappa shape index (κ2) is 7.37. The van der Waals surface area contributed by atoms with Gasteiger partial charge in [-0.05, 0) is 44.0 Å². The standard InChI is InChI=1S/C14H19BrClNO/c15-11-6-7-13(16)14(10-11)18-9-3-8-17-12-4-1-2-5-12/h6-7,10,12,17H,1-5,8-9H2. The van der Waals surface area contributed by atoms with Crippen LogP contribution in [0.5, 0.6) is 5.75 Å². The third-order valence-electron chi connectivity index (χ3n) is 3.26. The highest BCUT2D eigenvalue weighted by molar-refractivity contribution is 9.10. The molecule has 0 spiro atoms. The molecule has 0 amide bonds. The average Bonchev–Trinajstić information content (AvgIpc) is 2.86. The van der Waals surface area contributed by atoms with Gasteiger partial charge in [0.15, 0.2) is 0 Å². The molecule has 1 aromatic carbocycles. The number of nitrogens with one attached hydrogen (secondary N) is 1. The van der Waals surface area contributed by atoms with Gasteiger partial charge in [0.1, 0.15) is 5.75 Å². The summed E-state index contributed by atoms with van der Waals surface area (Å²) in [4.78, 5) is 0. The van der Waals surface area contributed by atoms with Crippen LogP contribution in [0.15, 0.2) is 22.7 Å². The van der Waals surface area contributed by atoms with Crippen molar-refractivity contribution in [1.82, 2.24) is 5.32 Å². The zero-order valence-corrected chi connectivity index (χ0v) is 12.8. The number of hydrogen-bond donors (Lipinski definition) is 1. The molecule has 0 bridgehead atoms. The van der Waals surface area contributed by atoms with Crippen molar-refractivity contribution in [2.24, 2.45) is 0 Å². The maximum atomic E-state index is 6.05. The van der Waals surface area contributed by atoms with Crippen LogP contribution in [0.25, 0.3) is 0 Å². The first-order chi connectivity index (χ1) is 8.75. The van der Waals surface area contributed by atoms with E-state index >= 15 is 0 Å². The lowest BCUT2D eigenvalue weighted by atomic mass is 10.2. The van der Waals surface area contributed by atoms with Crippen molar-refractivity contribution in [3.05, 3.63) is 27.7 Å². The minimum Gasteiger partial charge on any atom is -0.492 e. The Bertz CT molecular complexity index is 380.